The van der Waals surface area contributed by atoms with Gasteiger partial charge in [-0.1, -0.05) is 124 Å². The molecule has 0 saturated carbocycles. The summed E-state index contributed by atoms with van der Waals surface area (Å²) in [4.78, 5) is 0. The normalized spacial score (nSPS) is 13.5. The molecular weight excluding hydrogens is 438 g/mol. The zero-order valence-corrected chi connectivity index (χ0v) is 25.3. The van der Waals surface area contributed by atoms with Gasteiger partial charge in [-0.3, -0.25) is 0 Å². The molecule has 184 valence electrons. The van der Waals surface area contributed by atoms with E-state index < -0.39 is 16.1 Å². The van der Waals surface area contributed by atoms with Crippen LogP contribution in [-0.2, 0) is 0 Å². The molecule has 0 aromatic rings. The molecule has 0 rings (SSSR count). The summed E-state index contributed by atoms with van der Waals surface area (Å²) in [7, 11) is -3.19. The van der Waals surface area contributed by atoms with Crippen molar-refractivity contribution in [1.82, 2.24) is 0 Å². The van der Waals surface area contributed by atoms with Crippen molar-refractivity contribution in [3.05, 3.63) is 109 Å². The molecule has 0 fully saturated rings. The second-order valence-corrected chi connectivity index (χ2v) is 21.3. The molecule has 0 nitrogen and oxygen atoms in total. The molecule has 0 aromatic heterocycles. The first kappa shape index (κ1) is 32.2. The summed E-state index contributed by atoms with van der Waals surface area (Å²) in [5.74, 6) is 0. The zero-order valence-electron chi connectivity index (χ0n) is 23.3. The minimum Gasteiger partial charge on any atom is -0.107 e. The Kier molecular flexibility index (Phi) is 15.2. The van der Waals surface area contributed by atoms with Gasteiger partial charge in [-0.15, -0.1) is 49.7 Å². The van der Waals surface area contributed by atoms with Gasteiger partial charge in [0.1, 0.15) is 0 Å². The SMILES string of the molecule is C=CCB(CC=C)/C(=C(/C=C/C(CC=C)=C(/B(CC=C)CC=C)[Si](C)(C)C)CC=C)[Si](C)(C)C. The minimum absolute atomic E-state index is 0.457. The molecule has 0 saturated heterocycles. The summed E-state index contributed by atoms with van der Waals surface area (Å²) in [6.07, 6.45) is 22.8. The van der Waals surface area contributed by atoms with Crippen molar-refractivity contribution in [1.29, 1.82) is 0 Å². The number of allylic oxidation sites excluding steroid dienone is 10. The van der Waals surface area contributed by atoms with Gasteiger partial charge >= 0.3 is 0 Å². The minimum atomic E-state index is -1.60. The second-order valence-electron chi connectivity index (χ2n) is 11.2. The van der Waals surface area contributed by atoms with Crippen molar-refractivity contribution in [2.24, 2.45) is 0 Å². The van der Waals surface area contributed by atoms with E-state index in [-0.39, 0.29) is 0 Å². The van der Waals surface area contributed by atoms with E-state index in [1.807, 2.05) is 12.2 Å². The lowest BCUT2D eigenvalue weighted by molar-refractivity contribution is 1.24. The highest BCUT2D eigenvalue weighted by Crippen LogP contribution is 2.32. The van der Waals surface area contributed by atoms with E-state index in [1.54, 1.807) is 10.2 Å². The molecule has 0 spiro atoms. The van der Waals surface area contributed by atoms with Gasteiger partial charge in [0.05, 0.1) is 16.1 Å². The molecule has 0 atom stereocenters. The van der Waals surface area contributed by atoms with Crippen LogP contribution in [0.15, 0.2) is 109 Å². The Morgan fingerprint density at radius 2 is 0.765 bits per heavy atom. The van der Waals surface area contributed by atoms with Gasteiger partial charge in [0.2, 0.25) is 0 Å². The smallest absolute Gasteiger partial charge is 0.107 e. The fourth-order valence-corrected chi connectivity index (χ4v) is 10.4. The Labute approximate surface area is 216 Å². The first-order chi connectivity index (χ1) is 15.9. The van der Waals surface area contributed by atoms with Crippen LogP contribution in [0.4, 0.5) is 0 Å². The molecule has 0 aromatic carbocycles. The Hall–Kier alpha value is -1.78. The Bertz CT molecular complexity index is 726. The highest BCUT2D eigenvalue weighted by atomic mass is 28.3. The maximum absolute atomic E-state index is 4.09. The third-order valence-electron chi connectivity index (χ3n) is 6.14. The highest BCUT2D eigenvalue weighted by Gasteiger charge is 2.31. The third kappa shape index (κ3) is 10.7. The molecule has 0 bridgehead atoms. The van der Waals surface area contributed by atoms with Crippen molar-refractivity contribution in [2.75, 3.05) is 0 Å². The molecular formula is C30H50B2Si2. The van der Waals surface area contributed by atoms with Crippen molar-refractivity contribution in [2.45, 2.75) is 77.4 Å². The van der Waals surface area contributed by atoms with Crippen LogP contribution in [0.3, 0.4) is 0 Å². The van der Waals surface area contributed by atoms with Crippen molar-refractivity contribution < 1.29 is 0 Å². The topological polar surface area (TPSA) is 0 Å². The maximum Gasteiger partial charge on any atom is 0.173 e. The van der Waals surface area contributed by atoms with Crippen LogP contribution in [-0.4, -0.2) is 29.6 Å². The molecule has 0 unspecified atom stereocenters. The van der Waals surface area contributed by atoms with Gasteiger partial charge in [0.25, 0.3) is 0 Å². The van der Waals surface area contributed by atoms with Crippen LogP contribution >= 0.6 is 0 Å². The zero-order chi connectivity index (χ0) is 26.4. The standard InChI is InChI=1S/C30H50B2Si2/c1-13-19-27(29(33(7,8)9)31(23-15-3)24-16-4)21-22-28(20-14-2)30(34(10,11)12)32(25-17-5)26-18-6/h13-18,21-22H,1-6,19-20,23-26H2,7-12H3/b22-21+,29-27-,30-28-. The lowest BCUT2D eigenvalue weighted by Crippen LogP contribution is -2.36. The molecule has 0 heterocycles. The quantitative estimate of drug-likeness (QED) is 0.102. The van der Waals surface area contributed by atoms with E-state index in [4.69, 9.17) is 0 Å². The second kappa shape index (κ2) is 16.0. The van der Waals surface area contributed by atoms with Crippen LogP contribution in [0.5, 0.6) is 0 Å². The Balaban J connectivity index is 7.17. The first-order valence-corrected chi connectivity index (χ1v) is 19.7. The molecule has 0 amide bonds. The molecule has 0 N–H and O–H groups in total. The summed E-state index contributed by atoms with van der Waals surface area (Å²) in [5.41, 5.74) is 2.84. The monoisotopic (exact) mass is 488 g/mol. The van der Waals surface area contributed by atoms with Crippen molar-refractivity contribution >= 4 is 29.6 Å². The fourth-order valence-electron chi connectivity index (χ4n) is 5.23. The van der Waals surface area contributed by atoms with Crippen LogP contribution in [0.1, 0.15) is 12.8 Å². The molecule has 0 aliphatic rings. The van der Waals surface area contributed by atoms with Crippen molar-refractivity contribution in [3.8, 4) is 0 Å². The first-order valence-electron chi connectivity index (χ1n) is 12.7. The van der Waals surface area contributed by atoms with Gasteiger partial charge in [0, 0.05) is 0 Å². The van der Waals surface area contributed by atoms with Crippen LogP contribution in [0.25, 0.3) is 0 Å². The van der Waals surface area contributed by atoms with Gasteiger partial charge in [-0.25, -0.2) is 0 Å². The van der Waals surface area contributed by atoms with Crippen molar-refractivity contribution in [3.63, 3.8) is 0 Å². The molecule has 0 aliphatic carbocycles. The summed E-state index contributed by atoms with van der Waals surface area (Å²) >= 11 is 0. The number of rotatable bonds is 18. The third-order valence-corrected chi connectivity index (χ3v) is 10.8. The van der Waals surface area contributed by atoms with E-state index >= 15 is 0 Å². The predicted molar refractivity (Wildman–Crippen MR) is 171 cm³/mol. The van der Waals surface area contributed by atoms with Gasteiger partial charge in [-0.05, 0) is 12.8 Å². The molecule has 34 heavy (non-hydrogen) atoms. The number of hydrogen-bond acceptors (Lipinski definition) is 0. The Morgan fingerprint density at radius 3 is 0.941 bits per heavy atom. The van der Waals surface area contributed by atoms with Crippen LogP contribution in [0, 0.1) is 0 Å². The highest BCUT2D eigenvalue weighted by molar-refractivity contribution is 6.99. The molecule has 0 radical (unpaired) electrons. The summed E-state index contributed by atoms with van der Waals surface area (Å²) < 4.78 is 0. The van der Waals surface area contributed by atoms with E-state index in [9.17, 15) is 0 Å². The lowest BCUT2D eigenvalue weighted by atomic mass is 9.43. The number of hydrogen-bond donors (Lipinski definition) is 0. The average Bonchev–Trinajstić information content (AvgIpc) is 2.71. The molecule has 0 aliphatic heterocycles. The van der Waals surface area contributed by atoms with E-state index in [2.05, 4.69) is 115 Å². The Morgan fingerprint density at radius 1 is 0.500 bits per heavy atom. The summed E-state index contributed by atoms with van der Waals surface area (Å²) in [6, 6.07) is 0. The van der Waals surface area contributed by atoms with Gasteiger partial charge in [0.15, 0.2) is 13.4 Å². The lowest BCUT2D eigenvalue weighted by Gasteiger charge is -2.30. The summed E-state index contributed by atoms with van der Waals surface area (Å²) in [6.45, 7) is 40.0. The molecule has 4 heteroatoms. The summed E-state index contributed by atoms with van der Waals surface area (Å²) in [5, 5.41) is 3.23. The van der Waals surface area contributed by atoms with Gasteiger partial charge < -0.3 is 0 Å². The van der Waals surface area contributed by atoms with Crippen LogP contribution in [0.2, 0.25) is 64.6 Å². The van der Waals surface area contributed by atoms with E-state index in [1.165, 1.54) is 11.1 Å². The largest absolute Gasteiger partial charge is 0.173 e. The predicted octanol–water partition coefficient (Wildman–Crippen LogP) is 9.85. The average molecular weight is 489 g/mol. The van der Waals surface area contributed by atoms with Gasteiger partial charge in [-0.2, -0.15) is 0 Å². The van der Waals surface area contributed by atoms with Crippen LogP contribution < -0.4 is 0 Å². The maximum atomic E-state index is 4.09. The fraction of sp³-hybridized carbons (Fsp3) is 0.400. The van der Waals surface area contributed by atoms with E-state index in [0.717, 1.165) is 38.1 Å². The van der Waals surface area contributed by atoms with E-state index in [0.29, 0.717) is 13.4 Å².